The van der Waals surface area contributed by atoms with Crippen LogP contribution < -0.4 is 0 Å². The number of carboxylic acid groups (broad SMARTS) is 1. The highest BCUT2D eigenvalue weighted by atomic mass is 19.1. The number of benzene rings is 3. The molecule has 20 heavy (non-hydrogen) atoms. The molecule has 0 heterocycles. The standard InChI is InChI=1S/C17H13FO2/c1-17(18,16(19)20)15-8-4-7-13-12-6-3-2-5-11(12)9-10-14(13)15/h2-10H,1H3,(H,19,20). The lowest BCUT2D eigenvalue weighted by molar-refractivity contribution is -0.150. The van der Waals surface area contributed by atoms with Gasteiger partial charge in [0.15, 0.2) is 0 Å². The van der Waals surface area contributed by atoms with Gasteiger partial charge in [-0.2, -0.15) is 0 Å². The van der Waals surface area contributed by atoms with E-state index in [4.69, 9.17) is 5.11 Å². The predicted molar refractivity (Wildman–Crippen MR) is 77.5 cm³/mol. The third-order valence-corrected chi connectivity index (χ3v) is 3.69. The molecule has 0 radical (unpaired) electrons. The minimum Gasteiger partial charge on any atom is -0.479 e. The molecule has 0 spiro atoms. The van der Waals surface area contributed by atoms with Crippen molar-refractivity contribution in [2.45, 2.75) is 12.6 Å². The summed E-state index contributed by atoms with van der Waals surface area (Å²) in [6, 6.07) is 16.6. The molecule has 0 fully saturated rings. The quantitative estimate of drug-likeness (QED) is 0.705. The minimum atomic E-state index is -2.40. The number of halogens is 1. The van der Waals surface area contributed by atoms with Crippen molar-refractivity contribution in [3.8, 4) is 0 Å². The molecule has 0 amide bonds. The number of hydrogen-bond donors (Lipinski definition) is 1. The maximum atomic E-state index is 14.5. The second-order valence-corrected chi connectivity index (χ2v) is 5.00. The van der Waals surface area contributed by atoms with E-state index >= 15 is 0 Å². The number of alkyl halides is 1. The van der Waals surface area contributed by atoms with Crippen molar-refractivity contribution < 1.29 is 14.3 Å². The Hall–Kier alpha value is -2.42. The second-order valence-electron chi connectivity index (χ2n) is 5.00. The summed E-state index contributed by atoms with van der Waals surface area (Å²) in [6.07, 6.45) is 0. The predicted octanol–water partition coefficient (Wildman–Crippen LogP) is 4.26. The number of carboxylic acids is 1. The summed E-state index contributed by atoms with van der Waals surface area (Å²) < 4.78 is 14.5. The molecular formula is C17H13FO2. The van der Waals surface area contributed by atoms with Gasteiger partial charge in [0.05, 0.1) is 0 Å². The Bertz CT molecular complexity index is 821. The summed E-state index contributed by atoms with van der Waals surface area (Å²) in [4.78, 5) is 11.2. The summed E-state index contributed by atoms with van der Waals surface area (Å²) in [6.45, 7) is 1.08. The molecule has 1 unspecified atom stereocenters. The maximum Gasteiger partial charge on any atom is 0.345 e. The average molecular weight is 268 g/mol. The molecule has 0 aliphatic rings. The van der Waals surface area contributed by atoms with E-state index in [-0.39, 0.29) is 5.56 Å². The Kier molecular flexibility index (Phi) is 2.71. The van der Waals surface area contributed by atoms with Crippen LogP contribution in [0.4, 0.5) is 4.39 Å². The third kappa shape index (κ3) is 1.74. The molecule has 0 aliphatic heterocycles. The third-order valence-electron chi connectivity index (χ3n) is 3.69. The fourth-order valence-corrected chi connectivity index (χ4v) is 2.56. The zero-order valence-electron chi connectivity index (χ0n) is 10.9. The van der Waals surface area contributed by atoms with Crippen molar-refractivity contribution >= 4 is 27.5 Å². The molecule has 2 nitrogen and oxygen atoms in total. The van der Waals surface area contributed by atoms with E-state index in [1.165, 1.54) is 6.07 Å². The summed E-state index contributed by atoms with van der Waals surface area (Å²) in [5.74, 6) is -1.47. The lowest BCUT2D eigenvalue weighted by Crippen LogP contribution is -2.27. The van der Waals surface area contributed by atoms with Gasteiger partial charge < -0.3 is 5.11 Å². The van der Waals surface area contributed by atoms with Crippen molar-refractivity contribution in [3.05, 3.63) is 60.2 Å². The van der Waals surface area contributed by atoms with Crippen LogP contribution in [0.5, 0.6) is 0 Å². The van der Waals surface area contributed by atoms with E-state index in [9.17, 15) is 9.18 Å². The van der Waals surface area contributed by atoms with Gasteiger partial charge in [-0.1, -0.05) is 54.6 Å². The minimum absolute atomic E-state index is 0.188. The van der Waals surface area contributed by atoms with Crippen LogP contribution in [0.25, 0.3) is 21.5 Å². The van der Waals surface area contributed by atoms with E-state index in [0.29, 0.717) is 5.39 Å². The molecule has 100 valence electrons. The number of rotatable bonds is 2. The zero-order chi connectivity index (χ0) is 14.3. The van der Waals surface area contributed by atoms with E-state index < -0.39 is 11.6 Å². The van der Waals surface area contributed by atoms with Gasteiger partial charge in [-0.3, -0.25) is 0 Å². The van der Waals surface area contributed by atoms with Crippen LogP contribution in [0, 0.1) is 0 Å². The molecule has 1 atom stereocenters. The molecule has 0 aliphatic carbocycles. The summed E-state index contributed by atoms with van der Waals surface area (Å²) in [5.41, 5.74) is -2.21. The monoisotopic (exact) mass is 268 g/mol. The molecule has 3 aromatic carbocycles. The highest BCUT2D eigenvalue weighted by molar-refractivity contribution is 6.09. The van der Waals surface area contributed by atoms with Crippen LogP contribution in [0.15, 0.2) is 54.6 Å². The van der Waals surface area contributed by atoms with E-state index in [1.807, 2.05) is 36.4 Å². The first-order valence-electron chi connectivity index (χ1n) is 6.35. The Morgan fingerprint density at radius 3 is 2.40 bits per heavy atom. The Morgan fingerprint density at radius 1 is 0.950 bits per heavy atom. The largest absolute Gasteiger partial charge is 0.479 e. The Labute approximate surface area is 115 Å². The van der Waals surface area contributed by atoms with Gasteiger partial charge in [-0.15, -0.1) is 0 Å². The fraction of sp³-hybridized carbons (Fsp3) is 0.118. The van der Waals surface area contributed by atoms with Crippen molar-refractivity contribution in [3.63, 3.8) is 0 Å². The van der Waals surface area contributed by atoms with Gasteiger partial charge in [-0.25, -0.2) is 9.18 Å². The van der Waals surface area contributed by atoms with Crippen LogP contribution in [-0.2, 0) is 10.5 Å². The average Bonchev–Trinajstić information content (AvgIpc) is 2.46. The first-order valence-corrected chi connectivity index (χ1v) is 6.35. The molecule has 1 N–H and O–H groups in total. The van der Waals surface area contributed by atoms with Gasteiger partial charge in [0.2, 0.25) is 5.67 Å². The van der Waals surface area contributed by atoms with Crippen LogP contribution >= 0.6 is 0 Å². The SMILES string of the molecule is CC(F)(C(=O)O)c1cccc2c1ccc1ccccc12. The van der Waals surface area contributed by atoms with Crippen molar-refractivity contribution in [1.82, 2.24) is 0 Å². The number of fused-ring (bicyclic) bond motifs is 3. The first-order chi connectivity index (χ1) is 9.51. The summed E-state index contributed by atoms with van der Waals surface area (Å²) >= 11 is 0. The van der Waals surface area contributed by atoms with Gasteiger partial charge in [-0.05, 0) is 28.5 Å². The van der Waals surface area contributed by atoms with Gasteiger partial charge in [0, 0.05) is 5.56 Å². The molecule has 0 saturated heterocycles. The van der Waals surface area contributed by atoms with E-state index in [1.54, 1.807) is 12.1 Å². The highest BCUT2D eigenvalue weighted by Crippen LogP contribution is 2.35. The van der Waals surface area contributed by atoms with Crippen LogP contribution in [0.1, 0.15) is 12.5 Å². The lowest BCUT2D eigenvalue weighted by Gasteiger charge is -2.18. The molecule has 3 aromatic rings. The molecule has 0 saturated carbocycles. The van der Waals surface area contributed by atoms with Crippen LogP contribution in [-0.4, -0.2) is 11.1 Å². The topological polar surface area (TPSA) is 37.3 Å². The Morgan fingerprint density at radius 2 is 1.65 bits per heavy atom. The van der Waals surface area contributed by atoms with Crippen molar-refractivity contribution in [1.29, 1.82) is 0 Å². The first kappa shape index (κ1) is 12.6. The van der Waals surface area contributed by atoms with Crippen LogP contribution in [0.2, 0.25) is 0 Å². The lowest BCUT2D eigenvalue weighted by atomic mass is 9.90. The van der Waals surface area contributed by atoms with Crippen molar-refractivity contribution in [2.24, 2.45) is 0 Å². The second kappa shape index (κ2) is 4.30. The van der Waals surface area contributed by atoms with Gasteiger partial charge >= 0.3 is 5.97 Å². The molecule has 0 aromatic heterocycles. The smallest absolute Gasteiger partial charge is 0.345 e. The summed E-state index contributed by atoms with van der Waals surface area (Å²) in [5, 5.41) is 12.6. The fourth-order valence-electron chi connectivity index (χ4n) is 2.56. The Balaban J connectivity index is 2.42. The van der Waals surface area contributed by atoms with E-state index in [0.717, 1.165) is 23.1 Å². The zero-order valence-corrected chi connectivity index (χ0v) is 10.9. The number of hydrogen-bond acceptors (Lipinski definition) is 1. The van der Waals surface area contributed by atoms with Crippen molar-refractivity contribution in [2.75, 3.05) is 0 Å². The molecule has 3 heteroatoms. The molecule has 0 bridgehead atoms. The maximum absolute atomic E-state index is 14.5. The highest BCUT2D eigenvalue weighted by Gasteiger charge is 2.36. The van der Waals surface area contributed by atoms with Gasteiger partial charge in [0.1, 0.15) is 0 Å². The summed E-state index contributed by atoms with van der Waals surface area (Å²) in [7, 11) is 0. The van der Waals surface area contributed by atoms with Gasteiger partial charge in [0.25, 0.3) is 0 Å². The number of carbonyl (C=O) groups is 1. The number of aliphatic carboxylic acids is 1. The molecule has 3 rings (SSSR count). The van der Waals surface area contributed by atoms with E-state index in [2.05, 4.69) is 0 Å². The normalized spacial score (nSPS) is 14.3. The van der Waals surface area contributed by atoms with Crippen LogP contribution in [0.3, 0.4) is 0 Å². The molecular weight excluding hydrogens is 255 g/mol.